The zero-order chi connectivity index (χ0) is 19.7. The van der Waals surface area contributed by atoms with E-state index >= 15 is 0 Å². The standard InChI is InChI=1S/C20H24N4O4/c25-16(21-10-4-12-23-11-3-7-17(23)26)13-24-18(27)20(22-19(24)28)9-8-14-5-1-2-6-15(14)20/h1-2,5-6H,3-4,7-13H2,(H,21,25)(H,22,28)/t20-/m1/s1. The van der Waals surface area contributed by atoms with Gasteiger partial charge in [0, 0.05) is 26.1 Å². The zero-order valence-electron chi connectivity index (χ0n) is 15.7. The number of amides is 5. The first-order chi connectivity index (χ1) is 13.5. The van der Waals surface area contributed by atoms with Gasteiger partial charge in [0.15, 0.2) is 0 Å². The maximum Gasteiger partial charge on any atom is 0.325 e. The minimum Gasteiger partial charge on any atom is -0.354 e. The van der Waals surface area contributed by atoms with Crippen LogP contribution in [-0.4, -0.2) is 59.7 Å². The number of aryl methyl sites for hydroxylation is 1. The summed E-state index contributed by atoms with van der Waals surface area (Å²) in [7, 11) is 0. The van der Waals surface area contributed by atoms with Gasteiger partial charge >= 0.3 is 6.03 Å². The van der Waals surface area contributed by atoms with E-state index in [-0.39, 0.29) is 24.3 Å². The van der Waals surface area contributed by atoms with Crippen molar-refractivity contribution in [2.24, 2.45) is 0 Å². The van der Waals surface area contributed by atoms with E-state index < -0.39 is 11.6 Å². The number of hydrogen-bond acceptors (Lipinski definition) is 4. The quantitative estimate of drug-likeness (QED) is 0.551. The number of urea groups is 1. The van der Waals surface area contributed by atoms with Crippen LogP contribution < -0.4 is 10.6 Å². The Kier molecular flexibility index (Phi) is 4.78. The molecule has 8 nitrogen and oxygen atoms in total. The zero-order valence-corrected chi connectivity index (χ0v) is 15.7. The summed E-state index contributed by atoms with van der Waals surface area (Å²) in [4.78, 5) is 52.0. The number of hydrogen-bond donors (Lipinski definition) is 2. The molecule has 2 aliphatic heterocycles. The molecule has 2 saturated heterocycles. The van der Waals surface area contributed by atoms with E-state index in [1.54, 1.807) is 4.90 Å². The summed E-state index contributed by atoms with van der Waals surface area (Å²) in [6.07, 6.45) is 3.37. The van der Waals surface area contributed by atoms with Crippen LogP contribution in [0.15, 0.2) is 24.3 Å². The van der Waals surface area contributed by atoms with Gasteiger partial charge < -0.3 is 15.5 Å². The molecule has 0 aromatic heterocycles. The Morgan fingerprint density at radius 1 is 1.18 bits per heavy atom. The van der Waals surface area contributed by atoms with Crippen molar-refractivity contribution in [1.82, 2.24) is 20.4 Å². The number of nitrogens with one attached hydrogen (secondary N) is 2. The van der Waals surface area contributed by atoms with Crippen LogP contribution in [0.1, 0.15) is 36.8 Å². The normalized spacial score (nSPS) is 23.5. The Morgan fingerprint density at radius 2 is 2.00 bits per heavy atom. The van der Waals surface area contributed by atoms with Crippen molar-refractivity contribution in [3.63, 3.8) is 0 Å². The van der Waals surface area contributed by atoms with Crippen LogP contribution in [0.3, 0.4) is 0 Å². The minimum absolute atomic E-state index is 0.160. The SMILES string of the molecule is O=C(CN1C(=O)N[C@@]2(CCc3ccccc32)C1=O)NCCCN1CCCC1=O. The summed E-state index contributed by atoms with van der Waals surface area (Å²) in [5.41, 5.74) is 0.842. The molecule has 1 aliphatic carbocycles. The van der Waals surface area contributed by atoms with Crippen molar-refractivity contribution in [2.75, 3.05) is 26.2 Å². The number of benzene rings is 1. The van der Waals surface area contributed by atoms with Crippen LogP contribution >= 0.6 is 0 Å². The molecule has 4 rings (SSSR count). The lowest BCUT2D eigenvalue weighted by Crippen LogP contribution is -2.44. The number of imide groups is 1. The summed E-state index contributed by atoms with van der Waals surface area (Å²) in [6.45, 7) is 1.50. The highest BCUT2D eigenvalue weighted by molar-refractivity contribution is 6.09. The molecule has 1 aromatic carbocycles. The van der Waals surface area contributed by atoms with Crippen LogP contribution in [0.5, 0.6) is 0 Å². The smallest absolute Gasteiger partial charge is 0.325 e. The maximum atomic E-state index is 13.0. The Balaban J connectivity index is 1.31. The fraction of sp³-hybridized carbons (Fsp3) is 0.500. The lowest BCUT2D eigenvalue weighted by Gasteiger charge is -2.22. The molecule has 2 fully saturated rings. The topological polar surface area (TPSA) is 98.8 Å². The molecule has 1 spiro atoms. The van der Waals surface area contributed by atoms with Crippen LogP contribution in [-0.2, 0) is 26.3 Å². The predicted molar refractivity (Wildman–Crippen MR) is 100 cm³/mol. The second-order valence-corrected chi connectivity index (χ2v) is 7.57. The van der Waals surface area contributed by atoms with E-state index in [1.165, 1.54) is 0 Å². The Hall–Kier alpha value is -2.90. The van der Waals surface area contributed by atoms with Gasteiger partial charge in [-0.05, 0) is 36.8 Å². The number of nitrogens with zero attached hydrogens (tertiary/aromatic N) is 2. The van der Waals surface area contributed by atoms with Crippen LogP contribution in [0.2, 0.25) is 0 Å². The van der Waals surface area contributed by atoms with Gasteiger partial charge in [-0.3, -0.25) is 19.3 Å². The average Bonchev–Trinajstić information content (AvgIpc) is 3.33. The van der Waals surface area contributed by atoms with Crippen LogP contribution in [0, 0.1) is 0 Å². The molecule has 2 heterocycles. The molecule has 28 heavy (non-hydrogen) atoms. The molecule has 0 bridgehead atoms. The van der Waals surface area contributed by atoms with E-state index in [9.17, 15) is 19.2 Å². The monoisotopic (exact) mass is 384 g/mol. The summed E-state index contributed by atoms with van der Waals surface area (Å²) in [6, 6.07) is 7.07. The van der Waals surface area contributed by atoms with Crippen molar-refractivity contribution in [3.8, 4) is 0 Å². The minimum atomic E-state index is -1.04. The highest BCUT2D eigenvalue weighted by Crippen LogP contribution is 2.41. The molecule has 1 aromatic rings. The fourth-order valence-corrected chi connectivity index (χ4v) is 4.37. The van der Waals surface area contributed by atoms with Crippen LogP contribution in [0.4, 0.5) is 4.79 Å². The number of likely N-dealkylation sites (tertiary alicyclic amines) is 1. The van der Waals surface area contributed by atoms with Crippen LogP contribution in [0.25, 0.3) is 0 Å². The molecule has 3 aliphatic rings. The molecule has 1 atom stereocenters. The molecule has 2 N–H and O–H groups in total. The van der Waals surface area contributed by atoms with Crippen molar-refractivity contribution in [1.29, 1.82) is 0 Å². The second kappa shape index (κ2) is 7.26. The third-order valence-electron chi connectivity index (χ3n) is 5.82. The fourth-order valence-electron chi connectivity index (χ4n) is 4.37. The summed E-state index contributed by atoms with van der Waals surface area (Å²) < 4.78 is 0. The van der Waals surface area contributed by atoms with Crippen molar-refractivity contribution < 1.29 is 19.2 Å². The highest BCUT2D eigenvalue weighted by atomic mass is 16.2. The Morgan fingerprint density at radius 3 is 2.79 bits per heavy atom. The average molecular weight is 384 g/mol. The number of fused-ring (bicyclic) bond motifs is 2. The van der Waals surface area contributed by atoms with Gasteiger partial charge in [-0.2, -0.15) is 0 Å². The molecule has 8 heteroatoms. The Labute approximate surface area is 163 Å². The molecule has 5 amide bonds. The maximum absolute atomic E-state index is 13.0. The second-order valence-electron chi connectivity index (χ2n) is 7.57. The highest BCUT2D eigenvalue weighted by Gasteiger charge is 2.55. The largest absolute Gasteiger partial charge is 0.354 e. The molecule has 0 saturated carbocycles. The molecule has 148 valence electrons. The Bertz CT molecular complexity index is 839. The lowest BCUT2D eigenvalue weighted by molar-refractivity contribution is -0.135. The van der Waals surface area contributed by atoms with Crippen molar-refractivity contribution in [2.45, 2.75) is 37.6 Å². The summed E-state index contributed by atoms with van der Waals surface area (Å²) >= 11 is 0. The van der Waals surface area contributed by atoms with Gasteiger partial charge in [-0.25, -0.2) is 4.79 Å². The van der Waals surface area contributed by atoms with Gasteiger partial charge in [-0.15, -0.1) is 0 Å². The van der Waals surface area contributed by atoms with Crippen molar-refractivity contribution in [3.05, 3.63) is 35.4 Å². The molecule has 0 unspecified atom stereocenters. The third kappa shape index (κ3) is 3.12. The first-order valence-corrected chi connectivity index (χ1v) is 9.78. The number of rotatable bonds is 6. The van der Waals surface area contributed by atoms with E-state index in [1.807, 2.05) is 24.3 Å². The van der Waals surface area contributed by atoms with E-state index in [4.69, 9.17) is 0 Å². The molecular weight excluding hydrogens is 360 g/mol. The van der Waals surface area contributed by atoms with E-state index in [2.05, 4.69) is 10.6 Å². The third-order valence-corrected chi connectivity index (χ3v) is 5.82. The predicted octanol–water partition coefficient (Wildman–Crippen LogP) is 0.509. The van der Waals surface area contributed by atoms with Gasteiger partial charge in [0.05, 0.1) is 0 Å². The molecular formula is C20H24N4O4. The van der Waals surface area contributed by atoms with Gasteiger partial charge in [0.25, 0.3) is 5.91 Å². The van der Waals surface area contributed by atoms with Gasteiger partial charge in [0.2, 0.25) is 11.8 Å². The summed E-state index contributed by atoms with van der Waals surface area (Å²) in [5.74, 6) is -0.576. The number of carbonyl (C=O) groups excluding carboxylic acids is 4. The first kappa shape index (κ1) is 18.5. The van der Waals surface area contributed by atoms with Gasteiger partial charge in [0.1, 0.15) is 12.1 Å². The first-order valence-electron chi connectivity index (χ1n) is 9.78. The van der Waals surface area contributed by atoms with E-state index in [0.717, 1.165) is 35.4 Å². The lowest BCUT2D eigenvalue weighted by atomic mass is 9.92. The summed E-state index contributed by atoms with van der Waals surface area (Å²) in [5, 5.41) is 5.55. The van der Waals surface area contributed by atoms with Crippen molar-refractivity contribution >= 4 is 23.8 Å². The number of carbonyl (C=O) groups is 4. The van der Waals surface area contributed by atoms with Gasteiger partial charge in [-0.1, -0.05) is 24.3 Å². The van der Waals surface area contributed by atoms with E-state index in [0.29, 0.717) is 32.4 Å². The molecule has 0 radical (unpaired) electrons.